The summed E-state index contributed by atoms with van der Waals surface area (Å²) in [5.74, 6) is -0.322. The molecule has 1 aliphatic rings. The second kappa shape index (κ2) is 9.38. The summed E-state index contributed by atoms with van der Waals surface area (Å²) in [4.78, 5) is 16.4. The van der Waals surface area contributed by atoms with Crippen LogP contribution >= 0.6 is 0 Å². The van der Waals surface area contributed by atoms with Gasteiger partial charge in [-0.3, -0.25) is 4.79 Å². The highest BCUT2D eigenvalue weighted by atomic mass is 19.4. The van der Waals surface area contributed by atoms with E-state index in [-0.39, 0.29) is 5.91 Å². The minimum absolute atomic E-state index is 0.322. The van der Waals surface area contributed by atoms with Crippen LogP contribution in [0.2, 0.25) is 0 Å². The fraction of sp³-hybridized carbons (Fsp3) is 0.409. The van der Waals surface area contributed by atoms with Gasteiger partial charge < -0.3 is 20.4 Å². The van der Waals surface area contributed by atoms with Gasteiger partial charge in [-0.1, -0.05) is 0 Å². The van der Waals surface area contributed by atoms with Crippen LogP contribution < -0.4 is 20.4 Å². The summed E-state index contributed by atoms with van der Waals surface area (Å²) in [5, 5.41) is 5.76. The van der Waals surface area contributed by atoms with Crippen LogP contribution in [0.4, 0.5) is 30.2 Å². The van der Waals surface area contributed by atoms with E-state index in [2.05, 4.69) is 22.5 Å². The number of piperazine rings is 1. The fourth-order valence-corrected chi connectivity index (χ4v) is 3.51. The van der Waals surface area contributed by atoms with Gasteiger partial charge in [-0.15, -0.1) is 0 Å². The van der Waals surface area contributed by atoms with Crippen molar-refractivity contribution in [3.05, 3.63) is 54.1 Å². The van der Waals surface area contributed by atoms with E-state index in [0.717, 1.165) is 56.2 Å². The zero-order valence-electron chi connectivity index (χ0n) is 17.2. The van der Waals surface area contributed by atoms with Gasteiger partial charge in [-0.2, -0.15) is 13.2 Å². The van der Waals surface area contributed by atoms with Gasteiger partial charge in [-0.25, -0.2) is 0 Å². The highest BCUT2D eigenvalue weighted by Gasteiger charge is 2.30. The van der Waals surface area contributed by atoms with Crippen molar-refractivity contribution in [3.63, 3.8) is 0 Å². The third kappa shape index (κ3) is 5.66. The predicted octanol–water partition coefficient (Wildman–Crippen LogP) is 2.87. The first kappa shape index (κ1) is 22.0. The molecule has 1 saturated heterocycles. The van der Waals surface area contributed by atoms with Gasteiger partial charge in [0.15, 0.2) is 0 Å². The molecule has 0 spiro atoms. The monoisotopic (exact) mass is 421 g/mol. The normalized spacial score (nSPS) is 16.2. The maximum absolute atomic E-state index is 12.6. The SMILES string of the molecule is CC[NH+]1CCN(c2ccc(N[C@@H](C)C(=O)Nc3ccc(C(F)(F)F)cc3)cc2)CC1. The molecule has 0 bridgehead atoms. The fourth-order valence-electron chi connectivity index (χ4n) is 3.51. The molecule has 162 valence electrons. The number of carbonyl (C=O) groups excluding carboxylic acids is 1. The van der Waals surface area contributed by atoms with Gasteiger partial charge in [0.2, 0.25) is 5.91 Å². The Labute approximate surface area is 174 Å². The molecule has 2 aromatic carbocycles. The summed E-state index contributed by atoms with van der Waals surface area (Å²) < 4.78 is 37.9. The number of rotatable bonds is 6. The molecule has 0 saturated carbocycles. The number of halogens is 3. The van der Waals surface area contributed by atoms with Crippen molar-refractivity contribution >= 4 is 23.0 Å². The van der Waals surface area contributed by atoms with E-state index in [1.807, 2.05) is 24.3 Å². The van der Waals surface area contributed by atoms with Crippen molar-refractivity contribution in [1.29, 1.82) is 0 Å². The van der Waals surface area contributed by atoms with E-state index in [0.29, 0.717) is 5.69 Å². The van der Waals surface area contributed by atoms with Gasteiger partial charge >= 0.3 is 6.18 Å². The summed E-state index contributed by atoms with van der Waals surface area (Å²) in [6.07, 6.45) is -4.39. The van der Waals surface area contributed by atoms with Crippen LogP contribution in [0, 0.1) is 0 Å². The van der Waals surface area contributed by atoms with Crippen LogP contribution in [0.25, 0.3) is 0 Å². The Bertz CT molecular complexity index is 829. The Morgan fingerprint density at radius 2 is 1.60 bits per heavy atom. The average molecular weight is 421 g/mol. The number of alkyl halides is 3. The molecule has 1 fully saturated rings. The Kier molecular flexibility index (Phi) is 6.87. The van der Waals surface area contributed by atoms with Gasteiger partial charge in [0.1, 0.15) is 6.04 Å². The topological polar surface area (TPSA) is 48.8 Å². The molecule has 30 heavy (non-hydrogen) atoms. The third-order valence-electron chi connectivity index (χ3n) is 5.46. The standard InChI is InChI=1S/C22H27F3N4O/c1-3-28-12-14-29(15-13-28)20-10-8-18(9-11-20)26-16(2)21(30)27-19-6-4-17(5-7-19)22(23,24)25/h4-11,16,26H,3,12-15H2,1-2H3,(H,27,30)/p+1/t16-/m0/s1. The number of likely N-dealkylation sites (N-methyl/N-ethyl adjacent to an activating group) is 1. The smallest absolute Gasteiger partial charge is 0.374 e. The summed E-state index contributed by atoms with van der Waals surface area (Å²) in [6.45, 7) is 9.41. The summed E-state index contributed by atoms with van der Waals surface area (Å²) >= 11 is 0. The molecule has 0 aromatic heterocycles. The molecule has 3 rings (SSSR count). The Morgan fingerprint density at radius 1 is 1.03 bits per heavy atom. The van der Waals surface area contributed by atoms with Gasteiger partial charge in [0, 0.05) is 17.1 Å². The lowest BCUT2D eigenvalue weighted by atomic mass is 10.2. The molecular weight excluding hydrogens is 393 g/mol. The summed E-state index contributed by atoms with van der Waals surface area (Å²) in [6, 6.07) is 11.8. The number of nitrogens with one attached hydrogen (secondary N) is 3. The first-order chi connectivity index (χ1) is 14.3. The van der Waals surface area contributed by atoms with Crippen molar-refractivity contribution < 1.29 is 22.9 Å². The maximum atomic E-state index is 12.6. The number of nitrogens with zero attached hydrogens (tertiary/aromatic N) is 1. The number of hydrogen-bond donors (Lipinski definition) is 3. The third-order valence-corrected chi connectivity index (χ3v) is 5.46. The molecular formula is C22H28F3N4O+. The lowest BCUT2D eigenvalue weighted by Crippen LogP contribution is -3.14. The minimum Gasteiger partial charge on any atom is -0.374 e. The molecule has 1 heterocycles. The lowest BCUT2D eigenvalue weighted by Gasteiger charge is -2.33. The van der Waals surface area contributed by atoms with Gasteiger partial charge in [0.05, 0.1) is 38.3 Å². The van der Waals surface area contributed by atoms with Crippen LogP contribution in [0.5, 0.6) is 0 Å². The van der Waals surface area contributed by atoms with Crippen molar-refractivity contribution in [2.45, 2.75) is 26.1 Å². The quantitative estimate of drug-likeness (QED) is 0.672. The number of hydrogen-bond acceptors (Lipinski definition) is 3. The van der Waals surface area contributed by atoms with E-state index >= 15 is 0 Å². The van der Waals surface area contributed by atoms with Crippen molar-refractivity contribution in [2.75, 3.05) is 48.3 Å². The van der Waals surface area contributed by atoms with E-state index in [1.165, 1.54) is 12.1 Å². The Morgan fingerprint density at radius 3 is 2.13 bits per heavy atom. The number of carbonyl (C=O) groups is 1. The van der Waals surface area contributed by atoms with Crippen LogP contribution in [0.3, 0.4) is 0 Å². The first-order valence-electron chi connectivity index (χ1n) is 10.2. The molecule has 0 aliphatic carbocycles. The van der Waals surface area contributed by atoms with Crippen molar-refractivity contribution in [3.8, 4) is 0 Å². The summed E-state index contributed by atoms with van der Waals surface area (Å²) in [7, 11) is 0. The molecule has 8 heteroatoms. The van der Waals surface area contributed by atoms with E-state index in [1.54, 1.807) is 11.8 Å². The second-order valence-electron chi connectivity index (χ2n) is 7.57. The summed E-state index contributed by atoms with van der Waals surface area (Å²) in [5.41, 5.74) is 1.55. The van der Waals surface area contributed by atoms with Crippen LogP contribution in [-0.4, -0.2) is 44.7 Å². The predicted molar refractivity (Wildman–Crippen MR) is 113 cm³/mol. The Hall–Kier alpha value is -2.74. The molecule has 3 N–H and O–H groups in total. The van der Waals surface area contributed by atoms with E-state index in [4.69, 9.17) is 0 Å². The number of amides is 1. The molecule has 2 aromatic rings. The molecule has 1 aliphatic heterocycles. The molecule has 1 amide bonds. The first-order valence-corrected chi connectivity index (χ1v) is 10.2. The van der Waals surface area contributed by atoms with Gasteiger partial charge in [0.25, 0.3) is 0 Å². The largest absolute Gasteiger partial charge is 0.416 e. The highest BCUT2D eigenvalue weighted by Crippen LogP contribution is 2.29. The molecule has 0 unspecified atom stereocenters. The zero-order valence-corrected chi connectivity index (χ0v) is 17.2. The number of benzene rings is 2. The van der Waals surface area contributed by atoms with Gasteiger partial charge in [-0.05, 0) is 62.4 Å². The molecule has 1 atom stereocenters. The maximum Gasteiger partial charge on any atom is 0.416 e. The van der Waals surface area contributed by atoms with Crippen molar-refractivity contribution in [2.24, 2.45) is 0 Å². The Balaban J connectivity index is 1.52. The minimum atomic E-state index is -4.39. The van der Waals surface area contributed by atoms with Crippen LogP contribution in [0.1, 0.15) is 19.4 Å². The van der Waals surface area contributed by atoms with Crippen LogP contribution in [-0.2, 0) is 11.0 Å². The van der Waals surface area contributed by atoms with Crippen molar-refractivity contribution in [1.82, 2.24) is 0 Å². The molecule has 0 radical (unpaired) electrons. The zero-order chi connectivity index (χ0) is 21.7. The molecule has 5 nitrogen and oxygen atoms in total. The van der Waals surface area contributed by atoms with Crippen LogP contribution in [0.15, 0.2) is 48.5 Å². The highest BCUT2D eigenvalue weighted by molar-refractivity contribution is 5.96. The number of quaternary nitrogens is 1. The lowest BCUT2D eigenvalue weighted by molar-refractivity contribution is -0.898. The van der Waals surface area contributed by atoms with E-state index < -0.39 is 17.8 Å². The number of anilines is 3. The second-order valence-corrected chi connectivity index (χ2v) is 7.57. The average Bonchev–Trinajstić information content (AvgIpc) is 2.74. The van der Waals surface area contributed by atoms with E-state index in [9.17, 15) is 18.0 Å².